The summed E-state index contributed by atoms with van der Waals surface area (Å²) in [6, 6.07) is 14.0. The molecule has 1 N–H and O–H groups in total. The number of methoxy groups -OCH3 is 1. The third kappa shape index (κ3) is 5.36. The fraction of sp³-hybridized carbons (Fsp3) is 0.409. The van der Waals surface area contributed by atoms with E-state index >= 15 is 0 Å². The largest absolute Gasteiger partial charge is 0.496 e. The number of nitrogens with one attached hydrogen (secondary N) is 1. The Morgan fingerprint density at radius 3 is 2.52 bits per heavy atom. The quantitative estimate of drug-likeness (QED) is 0.751. The van der Waals surface area contributed by atoms with Crippen molar-refractivity contribution in [2.24, 2.45) is 0 Å². The number of amides is 1. The second kappa shape index (κ2) is 9.41. The standard InChI is InChI=1S/C22H28N2O4S/c1-28-21-12-5-4-11-19(21)20(24-13-6-3-7-14-24)16-23-22(25)17-9-8-10-18(15-17)29(2,26)27/h4-5,8-12,15,20H,3,6-7,13-14,16H2,1-2H3,(H,23,25). The number of hydrogen-bond acceptors (Lipinski definition) is 5. The fourth-order valence-corrected chi connectivity index (χ4v) is 4.43. The topological polar surface area (TPSA) is 75.7 Å². The van der Waals surface area contributed by atoms with E-state index < -0.39 is 9.84 Å². The fourth-order valence-electron chi connectivity index (χ4n) is 3.77. The SMILES string of the molecule is COc1ccccc1C(CNC(=O)c1cccc(S(C)(=O)=O)c1)N1CCCCC1. The molecule has 1 saturated heterocycles. The summed E-state index contributed by atoms with van der Waals surface area (Å²) in [6.07, 6.45) is 4.63. The molecule has 0 bridgehead atoms. The van der Waals surface area contributed by atoms with E-state index in [2.05, 4.69) is 10.2 Å². The zero-order valence-corrected chi connectivity index (χ0v) is 17.7. The minimum atomic E-state index is -3.36. The van der Waals surface area contributed by atoms with Crippen LogP contribution in [0.15, 0.2) is 53.4 Å². The van der Waals surface area contributed by atoms with Gasteiger partial charge in [0.05, 0.1) is 18.0 Å². The Morgan fingerprint density at radius 2 is 1.83 bits per heavy atom. The van der Waals surface area contributed by atoms with Gasteiger partial charge in [0, 0.05) is 23.9 Å². The highest BCUT2D eigenvalue weighted by Crippen LogP contribution is 2.31. The summed E-state index contributed by atoms with van der Waals surface area (Å²) in [7, 11) is -1.71. The van der Waals surface area contributed by atoms with Crippen molar-refractivity contribution in [2.45, 2.75) is 30.2 Å². The van der Waals surface area contributed by atoms with Gasteiger partial charge in [0.1, 0.15) is 5.75 Å². The van der Waals surface area contributed by atoms with Gasteiger partial charge < -0.3 is 10.1 Å². The molecular weight excluding hydrogens is 388 g/mol. The van der Waals surface area contributed by atoms with Gasteiger partial charge in [-0.05, 0) is 50.2 Å². The Hall–Kier alpha value is -2.38. The van der Waals surface area contributed by atoms with Crippen LogP contribution in [0.5, 0.6) is 5.75 Å². The molecule has 0 spiro atoms. The molecule has 3 rings (SSSR count). The first-order valence-corrected chi connectivity index (χ1v) is 11.7. The van der Waals surface area contributed by atoms with Crippen LogP contribution < -0.4 is 10.1 Å². The molecule has 0 saturated carbocycles. The zero-order valence-electron chi connectivity index (χ0n) is 16.9. The van der Waals surface area contributed by atoms with Gasteiger partial charge in [-0.2, -0.15) is 0 Å². The summed E-state index contributed by atoms with van der Waals surface area (Å²) in [6.45, 7) is 2.37. The number of hydrogen-bond donors (Lipinski definition) is 1. The Kier molecular flexibility index (Phi) is 6.92. The van der Waals surface area contributed by atoms with Crippen LogP contribution in [0.1, 0.15) is 41.2 Å². The van der Waals surface area contributed by atoms with Crippen LogP contribution in [0.25, 0.3) is 0 Å². The van der Waals surface area contributed by atoms with Crippen molar-refractivity contribution in [3.8, 4) is 5.75 Å². The van der Waals surface area contributed by atoms with Gasteiger partial charge >= 0.3 is 0 Å². The van der Waals surface area contributed by atoms with Crippen molar-refractivity contribution >= 4 is 15.7 Å². The van der Waals surface area contributed by atoms with E-state index in [4.69, 9.17) is 4.74 Å². The van der Waals surface area contributed by atoms with Gasteiger partial charge in [0.15, 0.2) is 9.84 Å². The molecule has 2 aromatic carbocycles. The Bertz CT molecular complexity index is 953. The predicted octanol–water partition coefficient (Wildman–Crippen LogP) is 3.06. The Balaban J connectivity index is 1.80. The summed E-state index contributed by atoms with van der Waals surface area (Å²) in [5.41, 5.74) is 1.38. The first-order chi connectivity index (χ1) is 13.9. The van der Waals surface area contributed by atoms with Crippen LogP contribution in [0, 0.1) is 0 Å². The number of carbonyl (C=O) groups is 1. The molecule has 1 aliphatic heterocycles. The van der Waals surface area contributed by atoms with E-state index in [1.54, 1.807) is 19.2 Å². The predicted molar refractivity (Wildman–Crippen MR) is 113 cm³/mol. The lowest BCUT2D eigenvalue weighted by Crippen LogP contribution is -2.40. The lowest BCUT2D eigenvalue weighted by molar-refractivity contribution is 0.0923. The minimum absolute atomic E-state index is 0.00603. The summed E-state index contributed by atoms with van der Waals surface area (Å²) in [5, 5.41) is 2.99. The molecule has 1 aliphatic rings. The number of para-hydroxylation sites is 1. The smallest absolute Gasteiger partial charge is 0.251 e. The Morgan fingerprint density at radius 1 is 1.10 bits per heavy atom. The van der Waals surface area contributed by atoms with E-state index in [1.807, 2.05) is 24.3 Å². The molecule has 1 fully saturated rings. The molecular formula is C22H28N2O4S. The monoisotopic (exact) mass is 416 g/mol. The van der Waals surface area contributed by atoms with Crippen LogP contribution in [-0.4, -0.2) is 52.2 Å². The van der Waals surface area contributed by atoms with E-state index in [1.165, 1.54) is 18.6 Å². The minimum Gasteiger partial charge on any atom is -0.496 e. The lowest BCUT2D eigenvalue weighted by Gasteiger charge is -2.35. The number of rotatable bonds is 7. The summed E-state index contributed by atoms with van der Waals surface area (Å²) < 4.78 is 29.1. The van der Waals surface area contributed by atoms with Gasteiger partial charge in [-0.1, -0.05) is 30.7 Å². The number of nitrogens with zero attached hydrogens (tertiary/aromatic N) is 1. The third-order valence-corrected chi connectivity index (χ3v) is 6.42. The third-order valence-electron chi connectivity index (χ3n) is 5.31. The highest BCUT2D eigenvalue weighted by Gasteiger charge is 2.25. The highest BCUT2D eigenvalue weighted by molar-refractivity contribution is 7.90. The zero-order chi connectivity index (χ0) is 20.9. The molecule has 2 aromatic rings. The first-order valence-electron chi connectivity index (χ1n) is 9.85. The second-order valence-corrected chi connectivity index (χ2v) is 9.38. The average molecular weight is 417 g/mol. The summed E-state index contributed by atoms with van der Waals surface area (Å²) in [4.78, 5) is 15.3. The maximum atomic E-state index is 12.7. The lowest BCUT2D eigenvalue weighted by atomic mass is 10.0. The molecule has 0 aliphatic carbocycles. The summed E-state index contributed by atoms with van der Waals surface area (Å²) >= 11 is 0. The Labute approximate surface area is 172 Å². The molecule has 7 heteroatoms. The molecule has 0 aromatic heterocycles. The molecule has 29 heavy (non-hydrogen) atoms. The van der Waals surface area contributed by atoms with Crippen molar-refractivity contribution in [1.82, 2.24) is 10.2 Å². The number of benzene rings is 2. The van der Waals surface area contributed by atoms with Gasteiger partial charge in [-0.15, -0.1) is 0 Å². The van der Waals surface area contributed by atoms with Gasteiger partial charge in [-0.25, -0.2) is 8.42 Å². The van der Waals surface area contributed by atoms with Crippen LogP contribution >= 0.6 is 0 Å². The maximum Gasteiger partial charge on any atom is 0.251 e. The molecule has 6 nitrogen and oxygen atoms in total. The van der Waals surface area contributed by atoms with E-state index in [9.17, 15) is 13.2 Å². The molecule has 1 unspecified atom stereocenters. The van der Waals surface area contributed by atoms with Crippen molar-refractivity contribution in [3.63, 3.8) is 0 Å². The maximum absolute atomic E-state index is 12.7. The van der Waals surface area contributed by atoms with E-state index in [-0.39, 0.29) is 16.8 Å². The van der Waals surface area contributed by atoms with Crippen LogP contribution in [0.3, 0.4) is 0 Å². The van der Waals surface area contributed by atoms with Crippen molar-refractivity contribution < 1.29 is 17.9 Å². The van der Waals surface area contributed by atoms with E-state index in [0.29, 0.717) is 12.1 Å². The normalized spacial score (nSPS) is 16.2. The van der Waals surface area contributed by atoms with Crippen LogP contribution in [0.2, 0.25) is 0 Å². The molecule has 1 atom stereocenters. The van der Waals surface area contributed by atoms with Crippen molar-refractivity contribution in [3.05, 3.63) is 59.7 Å². The second-order valence-electron chi connectivity index (χ2n) is 7.36. The van der Waals surface area contributed by atoms with Crippen molar-refractivity contribution in [2.75, 3.05) is 33.0 Å². The summed E-state index contributed by atoms with van der Waals surface area (Å²) in [5.74, 6) is 0.517. The molecule has 156 valence electrons. The molecule has 1 amide bonds. The van der Waals surface area contributed by atoms with Gasteiger partial charge in [0.2, 0.25) is 0 Å². The number of likely N-dealkylation sites (tertiary alicyclic amines) is 1. The average Bonchev–Trinajstić information content (AvgIpc) is 2.74. The van der Waals surface area contributed by atoms with Crippen LogP contribution in [-0.2, 0) is 9.84 Å². The number of ether oxygens (including phenoxy) is 1. The van der Waals surface area contributed by atoms with Crippen LogP contribution in [0.4, 0.5) is 0 Å². The number of carbonyl (C=O) groups excluding carboxylic acids is 1. The molecule has 1 heterocycles. The highest BCUT2D eigenvalue weighted by atomic mass is 32.2. The van der Waals surface area contributed by atoms with Crippen molar-refractivity contribution in [1.29, 1.82) is 0 Å². The first kappa shape index (κ1) is 21.3. The van der Waals surface area contributed by atoms with Gasteiger partial charge in [-0.3, -0.25) is 9.69 Å². The number of sulfone groups is 1. The molecule has 0 radical (unpaired) electrons. The number of piperidine rings is 1. The van der Waals surface area contributed by atoms with E-state index in [0.717, 1.165) is 43.5 Å². The van der Waals surface area contributed by atoms with Gasteiger partial charge in [0.25, 0.3) is 5.91 Å².